The first-order valence-electron chi connectivity index (χ1n) is 12.8. The summed E-state index contributed by atoms with van der Waals surface area (Å²) in [5.74, 6) is -0.843. The highest BCUT2D eigenvalue weighted by Crippen LogP contribution is 2.28. The summed E-state index contributed by atoms with van der Waals surface area (Å²) in [6, 6.07) is 6.08. The van der Waals surface area contributed by atoms with E-state index in [4.69, 9.17) is 16.2 Å². The Balaban J connectivity index is 1.31. The summed E-state index contributed by atoms with van der Waals surface area (Å²) in [6.45, 7) is 1.60. The van der Waals surface area contributed by atoms with E-state index in [1.54, 1.807) is 23.1 Å². The van der Waals surface area contributed by atoms with Gasteiger partial charge in [0.2, 0.25) is 11.8 Å². The van der Waals surface area contributed by atoms with Crippen LogP contribution in [0, 0.1) is 5.82 Å². The quantitative estimate of drug-likeness (QED) is 0.331. The molecular formula is C26H31FN8O3. The minimum Gasteiger partial charge on any atom is -0.475 e. The molecule has 6 N–H and O–H groups in total. The molecule has 0 unspecified atom stereocenters. The number of anilines is 3. The molecule has 0 radical (unpaired) electrons. The number of nitrogens with one attached hydrogen (secondary N) is 2. The zero-order valence-electron chi connectivity index (χ0n) is 21.0. The number of carbonyl (C=O) groups excluding carboxylic acids is 2. The third kappa shape index (κ3) is 5.75. The van der Waals surface area contributed by atoms with Gasteiger partial charge in [0.15, 0.2) is 11.6 Å². The summed E-state index contributed by atoms with van der Waals surface area (Å²) in [4.78, 5) is 38.8. The van der Waals surface area contributed by atoms with E-state index in [2.05, 4.69) is 25.6 Å². The molecule has 1 aliphatic heterocycles. The van der Waals surface area contributed by atoms with Gasteiger partial charge in [-0.3, -0.25) is 9.59 Å². The van der Waals surface area contributed by atoms with Gasteiger partial charge in [0, 0.05) is 30.7 Å². The first-order valence-corrected chi connectivity index (χ1v) is 12.8. The van der Waals surface area contributed by atoms with Crippen molar-refractivity contribution in [3.63, 3.8) is 0 Å². The van der Waals surface area contributed by atoms with E-state index in [0.29, 0.717) is 42.2 Å². The fourth-order valence-corrected chi connectivity index (χ4v) is 4.87. The zero-order chi connectivity index (χ0) is 26.6. The minimum absolute atomic E-state index is 0.0119. The molecule has 5 rings (SSSR count). The Morgan fingerprint density at radius 2 is 1.97 bits per heavy atom. The van der Waals surface area contributed by atoms with E-state index in [-0.39, 0.29) is 35.2 Å². The van der Waals surface area contributed by atoms with Crippen molar-refractivity contribution in [2.24, 2.45) is 11.5 Å². The molecule has 11 nitrogen and oxygen atoms in total. The van der Waals surface area contributed by atoms with Crippen LogP contribution in [0.4, 0.5) is 21.7 Å². The van der Waals surface area contributed by atoms with Gasteiger partial charge in [0.1, 0.15) is 12.4 Å². The predicted octanol–water partition coefficient (Wildman–Crippen LogP) is 2.69. The molecule has 1 aromatic carbocycles. The number of amides is 2. The summed E-state index contributed by atoms with van der Waals surface area (Å²) in [7, 11) is 0. The van der Waals surface area contributed by atoms with Crippen LogP contribution in [0.3, 0.4) is 0 Å². The van der Waals surface area contributed by atoms with Crippen molar-refractivity contribution in [1.29, 1.82) is 0 Å². The molecule has 3 heterocycles. The molecule has 2 atom stereocenters. The van der Waals surface area contributed by atoms with Gasteiger partial charge in [0.25, 0.3) is 5.91 Å². The smallest absolute Gasteiger partial charge is 0.252 e. The van der Waals surface area contributed by atoms with Crippen LogP contribution in [0.5, 0.6) is 5.88 Å². The van der Waals surface area contributed by atoms with Crippen LogP contribution < -0.4 is 26.8 Å². The average molecular weight is 523 g/mol. The Bertz CT molecular complexity index is 1350. The van der Waals surface area contributed by atoms with E-state index in [0.717, 1.165) is 44.7 Å². The maximum atomic E-state index is 14.8. The van der Waals surface area contributed by atoms with E-state index in [1.165, 1.54) is 6.20 Å². The molecule has 2 amide bonds. The normalized spacial score (nSPS) is 19.5. The lowest BCUT2D eigenvalue weighted by molar-refractivity contribution is -0.128. The number of aromatic nitrogens is 3. The van der Waals surface area contributed by atoms with Crippen molar-refractivity contribution < 1.29 is 18.7 Å². The average Bonchev–Trinajstić information content (AvgIpc) is 3.31. The van der Waals surface area contributed by atoms with Crippen LogP contribution in [0.2, 0.25) is 0 Å². The summed E-state index contributed by atoms with van der Waals surface area (Å²) < 4.78 is 20.5. The Kier molecular flexibility index (Phi) is 7.50. The molecule has 1 aliphatic carbocycles. The predicted molar refractivity (Wildman–Crippen MR) is 141 cm³/mol. The number of primary amides is 1. The first kappa shape index (κ1) is 25.6. The van der Waals surface area contributed by atoms with Crippen molar-refractivity contribution in [2.75, 3.05) is 30.3 Å². The third-order valence-corrected chi connectivity index (χ3v) is 6.95. The zero-order valence-corrected chi connectivity index (χ0v) is 21.0. The molecule has 2 aliphatic rings. The minimum atomic E-state index is -0.808. The number of nitrogens with two attached hydrogens (primary N) is 2. The van der Waals surface area contributed by atoms with Gasteiger partial charge in [-0.25, -0.2) is 19.3 Å². The van der Waals surface area contributed by atoms with Crippen molar-refractivity contribution in [3.8, 4) is 5.88 Å². The van der Waals surface area contributed by atoms with Gasteiger partial charge in [-0.15, -0.1) is 0 Å². The van der Waals surface area contributed by atoms with Crippen LogP contribution in [0.25, 0.3) is 11.0 Å². The van der Waals surface area contributed by atoms with E-state index in [1.807, 2.05) is 0 Å². The first-order chi connectivity index (χ1) is 18.4. The van der Waals surface area contributed by atoms with Gasteiger partial charge in [0.05, 0.1) is 29.3 Å². The largest absolute Gasteiger partial charge is 0.475 e. The summed E-state index contributed by atoms with van der Waals surface area (Å²) in [6.07, 6.45) is 6.69. The van der Waals surface area contributed by atoms with Crippen molar-refractivity contribution in [3.05, 3.63) is 41.8 Å². The van der Waals surface area contributed by atoms with Crippen LogP contribution in [0.15, 0.2) is 30.5 Å². The summed E-state index contributed by atoms with van der Waals surface area (Å²) >= 11 is 0. The van der Waals surface area contributed by atoms with Gasteiger partial charge in [-0.05, 0) is 43.5 Å². The molecule has 1 saturated heterocycles. The second kappa shape index (κ2) is 11.1. The number of rotatable bonds is 9. The lowest BCUT2D eigenvalue weighted by Gasteiger charge is -2.30. The lowest BCUT2D eigenvalue weighted by Crippen LogP contribution is -2.43. The fraction of sp³-hybridized carbons (Fsp3) is 0.423. The van der Waals surface area contributed by atoms with Gasteiger partial charge in [-0.2, -0.15) is 0 Å². The lowest BCUT2D eigenvalue weighted by atomic mass is 9.91. The van der Waals surface area contributed by atoms with Crippen molar-refractivity contribution in [1.82, 2.24) is 19.9 Å². The van der Waals surface area contributed by atoms with Crippen LogP contribution >= 0.6 is 0 Å². The van der Waals surface area contributed by atoms with Crippen LogP contribution in [-0.4, -0.2) is 63.4 Å². The fourth-order valence-electron chi connectivity index (χ4n) is 4.87. The van der Waals surface area contributed by atoms with Crippen LogP contribution in [-0.2, 0) is 4.79 Å². The van der Waals surface area contributed by atoms with Crippen LogP contribution in [0.1, 0.15) is 48.9 Å². The highest BCUT2D eigenvalue weighted by atomic mass is 19.1. The standard InChI is InChI=1S/C26H31FN8O3/c27-17-13-16(24(29)37)25(34-26(17)33-19-5-2-1-4-18(19)28)31-15-7-8-20-21(12-15)30-14-22(32-20)38-11-10-35-9-3-6-23(35)36/h7-8,12-14,18-19H,1-6,9-11,28H2,(H2,29,37)(H2,31,33,34)/t18-,19+/m0/s1. The van der Waals surface area contributed by atoms with E-state index >= 15 is 0 Å². The molecule has 3 aromatic rings. The number of carbonyl (C=O) groups is 2. The number of fused-ring (bicyclic) bond motifs is 1. The summed E-state index contributed by atoms with van der Waals surface area (Å²) in [5, 5.41) is 6.16. The molecule has 0 spiro atoms. The van der Waals surface area contributed by atoms with Crippen molar-refractivity contribution >= 4 is 40.2 Å². The number of nitrogens with zero attached hydrogens (tertiary/aromatic N) is 4. The Hall–Kier alpha value is -4.06. The monoisotopic (exact) mass is 522 g/mol. The maximum absolute atomic E-state index is 14.8. The number of halogens is 1. The molecule has 1 saturated carbocycles. The molecule has 12 heteroatoms. The van der Waals surface area contributed by atoms with Gasteiger partial charge >= 0.3 is 0 Å². The molecule has 38 heavy (non-hydrogen) atoms. The number of ether oxygens (including phenoxy) is 1. The highest BCUT2D eigenvalue weighted by Gasteiger charge is 2.25. The topological polar surface area (TPSA) is 161 Å². The number of hydrogen-bond acceptors (Lipinski definition) is 9. The van der Waals surface area contributed by atoms with E-state index < -0.39 is 11.7 Å². The number of hydrogen-bond donors (Lipinski definition) is 4. The SMILES string of the molecule is NC(=O)c1cc(F)c(N[C@@H]2CCCC[C@@H]2N)nc1Nc1ccc2nc(OCCN3CCCC3=O)cnc2c1. The van der Waals surface area contributed by atoms with Gasteiger partial charge < -0.3 is 31.7 Å². The second-order valence-electron chi connectivity index (χ2n) is 9.65. The number of pyridine rings is 1. The Labute approximate surface area is 219 Å². The number of benzene rings is 1. The maximum Gasteiger partial charge on any atom is 0.252 e. The molecule has 0 bridgehead atoms. The Morgan fingerprint density at radius 3 is 2.74 bits per heavy atom. The third-order valence-electron chi connectivity index (χ3n) is 6.95. The highest BCUT2D eigenvalue weighted by molar-refractivity contribution is 5.99. The van der Waals surface area contributed by atoms with Gasteiger partial charge in [-0.1, -0.05) is 12.8 Å². The Morgan fingerprint density at radius 1 is 1.13 bits per heavy atom. The number of likely N-dealkylation sites (tertiary alicyclic amines) is 1. The molecule has 2 aromatic heterocycles. The van der Waals surface area contributed by atoms with E-state index in [9.17, 15) is 14.0 Å². The molecule has 200 valence electrons. The van der Waals surface area contributed by atoms with Crippen molar-refractivity contribution in [2.45, 2.75) is 50.6 Å². The molecular weight excluding hydrogens is 491 g/mol. The second-order valence-corrected chi connectivity index (χ2v) is 9.65. The molecule has 2 fully saturated rings. The summed E-state index contributed by atoms with van der Waals surface area (Å²) in [5.41, 5.74) is 13.4.